The Morgan fingerprint density at radius 3 is 2.24 bits per heavy atom. The molecule has 0 aliphatic carbocycles. The summed E-state index contributed by atoms with van der Waals surface area (Å²) in [4.78, 5) is 18.1. The van der Waals surface area contributed by atoms with Crippen LogP contribution in [0, 0.1) is 0 Å². The first kappa shape index (κ1) is 22.4. The van der Waals surface area contributed by atoms with E-state index in [4.69, 9.17) is 9.72 Å². The number of amides is 1. The van der Waals surface area contributed by atoms with E-state index in [0.717, 1.165) is 21.0 Å². The molecule has 0 aliphatic heterocycles. The van der Waals surface area contributed by atoms with Crippen molar-refractivity contribution in [3.05, 3.63) is 84.4 Å². The fraction of sp³-hybridized carbons (Fsp3) is 0.120. The van der Waals surface area contributed by atoms with Crippen molar-refractivity contribution < 1.29 is 17.9 Å². The average molecular weight is 462 g/mol. The Labute approximate surface area is 192 Å². The second kappa shape index (κ2) is 9.01. The van der Waals surface area contributed by atoms with Gasteiger partial charge in [0, 0.05) is 30.7 Å². The largest absolute Gasteiger partial charge is 0.497 e. The molecule has 0 radical (unpaired) electrons. The molecule has 8 heteroatoms. The van der Waals surface area contributed by atoms with E-state index in [2.05, 4.69) is 5.32 Å². The number of carbonyl (C=O) groups excluding carboxylic acids is 1. The molecule has 4 aromatic rings. The van der Waals surface area contributed by atoms with E-state index in [-0.39, 0.29) is 10.8 Å². The summed E-state index contributed by atoms with van der Waals surface area (Å²) >= 11 is 0. The number of pyridine rings is 1. The number of carbonyl (C=O) groups is 1. The van der Waals surface area contributed by atoms with Gasteiger partial charge in [0.05, 0.1) is 28.8 Å². The number of hydrogen-bond acceptors (Lipinski definition) is 5. The molecule has 7 nitrogen and oxygen atoms in total. The van der Waals surface area contributed by atoms with Gasteiger partial charge < -0.3 is 10.1 Å². The predicted molar refractivity (Wildman–Crippen MR) is 129 cm³/mol. The second-order valence-electron chi connectivity index (χ2n) is 7.57. The van der Waals surface area contributed by atoms with Crippen LogP contribution in [-0.4, -0.2) is 44.8 Å². The number of para-hydroxylation sites is 1. The zero-order chi connectivity index (χ0) is 23.6. The van der Waals surface area contributed by atoms with Crippen molar-refractivity contribution in [2.45, 2.75) is 4.90 Å². The molecule has 0 saturated heterocycles. The number of aromatic nitrogens is 1. The number of nitrogens with one attached hydrogen (secondary N) is 1. The molecular formula is C25H23N3O4S. The van der Waals surface area contributed by atoms with Gasteiger partial charge in [-0.25, -0.2) is 17.7 Å². The third kappa shape index (κ3) is 4.57. The van der Waals surface area contributed by atoms with Gasteiger partial charge in [0.15, 0.2) is 0 Å². The van der Waals surface area contributed by atoms with Crippen LogP contribution in [0.5, 0.6) is 5.75 Å². The van der Waals surface area contributed by atoms with Gasteiger partial charge >= 0.3 is 0 Å². The number of hydrogen-bond donors (Lipinski definition) is 1. The van der Waals surface area contributed by atoms with Crippen LogP contribution in [0.25, 0.3) is 22.2 Å². The smallest absolute Gasteiger partial charge is 0.256 e. The Morgan fingerprint density at radius 1 is 0.939 bits per heavy atom. The van der Waals surface area contributed by atoms with Crippen molar-refractivity contribution in [3.63, 3.8) is 0 Å². The van der Waals surface area contributed by atoms with Crippen LogP contribution < -0.4 is 10.1 Å². The number of nitrogens with zero attached hydrogens (tertiary/aromatic N) is 2. The Kier molecular flexibility index (Phi) is 6.13. The third-order valence-corrected chi connectivity index (χ3v) is 7.07. The highest BCUT2D eigenvalue weighted by molar-refractivity contribution is 7.89. The van der Waals surface area contributed by atoms with E-state index >= 15 is 0 Å². The van der Waals surface area contributed by atoms with Crippen LogP contribution in [-0.2, 0) is 10.0 Å². The van der Waals surface area contributed by atoms with E-state index in [0.29, 0.717) is 22.5 Å². The summed E-state index contributed by atoms with van der Waals surface area (Å²) in [5.41, 5.74) is 3.17. The predicted octanol–water partition coefficient (Wildman–Crippen LogP) is 4.41. The number of fused-ring (bicyclic) bond motifs is 1. The molecule has 1 N–H and O–H groups in total. The zero-order valence-electron chi connectivity index (χ0n) is 18.4. The molecule has 1 amide bonds. The molecule has 0 fully saturated rings. The maximum Gasteiger partial charge on any atom is 0.256 e. The first-order valence-corrected chi connectivity index (χ1v) is 11.6. The van der Waals surface area contributed by atoms with Crippen molar-refractivity contribution in [3.8, 4) is 17.0 Å². The number of benzene rings is 3. The van der Waals surface area contributed by atoms with Gasteiger partial charge in [-0.05, 0) is 60.7 Å². The maximum atomic E-state index is 13.2. The number of sulfonamides is 1. The van der Waals surface area contributed by atoms with Crippen LogP contribution in [0.4, 0.5) is 5.69 Å². The minimum atomic E-state index is -3.54. The van der Waals surface area contributed by atoms with Crippen molar-refractivity contribution in [2.24, 2.45) is 0 Å². The summed E-state index contributed by atoms with van der Waals surface area (Å²) in [5, 5.41) is 3.58. The molecule has 4 rings (SSSR count). The fourth-order valence-electron chi connectivity index (χ4n) is 3.39. The van der Waals surface area contributed by atoms with Gasteiger partial charge in [0.25, 0.3) is 5.91 Å². The molecule has 33 heavy (non-hydrogen) atoms. The van der Waals surface area contributed by atoms with E-state index in [1.165, 1.54) is 26.2 Å². The second-order valence-corrected chi connectivity index (χ2v) is 9.72. The Balaban J connectivity index is 1.69. The van der Waals surface area contributed by atoms with E-state index in [1.54, 1.807) is 25.3 Å². The molecule has 0 bridgehead atoms. The van der Waals surface area contributed by atoms with Crippen molar-refractivity contribution >= 4 is 32.5 Å². The van der Waals surface area contributed by atoms with Gasteiger partial charge in [-0.15, -0.1) is 0 Å². The lowest BCUT2D eigenvalue weighted by Gasteiger charge is -2.13. The Hall–Kier alpha value is -3.75. The van der Waals surface area contributed by atoms with Crippen LogP contribution >= 0.6 is 0 Å². The normalized spacial score (nSPS) is 11.5. The Morgan fingerprint density at radius 2 is 1.61 bits per heavy atom. The van der Waals surface area contributed by atoms with Gasteiger partial charge in [-0.1, -0.05) is 18.2 Å². The maximum absolute atomic E-state index is 13.2. The average Bonchev–Trinajstić information content (AvgIpc) is 2.83. The van der Waals surface area contributed by atoms with Gasteiger partial charge in [0.2, 0.25) is 10.0 Å². The van der Waals surface area contributed by atoms with Gasteiger partial charge in [-0.3, -0.25) is 4.79 Å². The Bertz CT molecular complexity index is 1410. The molecule has 0 saturated carbocycles. The fourth-order valence-corrected chi connectivity index (χ4v) is 4.29. The number of rotatable bonds is 6. The molecule has 0 aliphatic rings. The summed E-state index contributed by atoms with van der Waals surface area (Å²) in [6.45, 7) is 0. The third-order valence-electron chi connectivity index (χ3n) is 5.24. The number of ether oxygens (including phenoxy) is 1. The van der Waals surface area contributed by atoms with E-state index in [1.807, 2.05) is 48.5 Å². The zero-order valence-corrected chi connectivity index (χ0v) is 19.3. The monoisotopic (exact) mass is 461 g/mol. The van der Waals surface area contributed by atoms with Crippen LogP contribution in [0.3, 0.4) is 0 Å². The minimum absolute atomic E-state index is 0.154. The highest BCUT2D eigenvalue weighted by Crippen LogP contribution is 2.27. The number of anilines is 1. The minimum Gasteiger partial charge on any atom is -0.497 e. The highest BCUT2D eigenvalue weighted by Gasteiger charge is 2.18. The topological polar surface area (TPSA) is 88.6 Å². The standard InChI is InChI=1S/C25H23N3O4S/c1-28(2)33(30,31)20-14-10-18(11-15-20)26-25(29)22-16-24(17-8-12-19(32-3)13-9-17)27-23-7-5-4-6-21(22)23/h4-16H,1-3H3,(H,26,29). The summed E-state index contributed by atoms with van der Waals surface area (Å²) in [6, 6.07) is 22.7. The summed E-state index contributed by atoms with van der Waals surface area (Å²) in [6.07, 6.45) is 0. The van der Waals surface area contributed by atoms with Crippen LogP contribution in [0.1, 0.15) is 10.4 Å². The molecule has 0 unspecified atom stereocenters. The van der Waals surface area contributed by atoms with Crippen LogP contribution in [0.2, 0.25) is 0 Å². The molecular weight excluding hydrogens is 438 g/mol. The summed E-state index contributed by atoms with van der Waals surface area (Å²) in [7, 11) is 1.01. The van der Waals surface area contributed by atoms with Gasteiger partial charge in [0.1, 0.15) is 5.75 Å². The van der Waals surface area contributed by atoms with Crippen molar-refractivity contribution in [1.29, 1.82) is 0 Å². The number of methoxy groups -OCH3 is 1. The SMILES string of the molecule is COc1ccc(-c2cc(C(=O)Nc3ccc(S(=O)(=O)N(C)C)cc3)c3ccccc3n2)cc1. The lowest BCUT2D eigenvalue weighted by molar-refractivity contribution is 0.102. The molecule has 1 aromatic heterocycles. The summed E-state index contributed by atoms with van der Waals surface area (Å²) < 4.78 is 30.9. The van der Waals surface area contributed by atoms with E-state index < -0.39 is 10.0 Å². The molecule has 0 atom stereocenters. The lowest BCUT2D eigenvalue weighted by atomic mass is 10.0. The lowest BCUT2D eigenvalue weighted by Crippen LogP contribution is -2.22. The van der Waals surface area contributed by atoms with Crippen LogP contribution in [0.15, 0.2) is 83.8 Å². The molecule has 168 valence electrons. The quantitative estimate of drug-likeness (QED) is 0.459. The molecule has 3 aromatic carbocycles. The molecule has 0 spiro atoms. The van der Waals surface area contributed by atoms with E-state index in [9.17, 15) is 13.2 Å². The summed E-state index contributed by atoms with van der Waals surface area (Å²) in [5.74, 6) is 0.420. The first-order valence-electron chi connectivity index (χ1n) is 10.2. The molecule has 1 heterocycles. The first-order chi connectivity index (χ1) is 15.8. The van der Waals surface area contributed by atoms with Crippen molar-refractivity contribution in [2.75, 3.05) is 26.5 Å². The van der Waals surface area contributed by atoms with Gasteiger partial charge in [-0.2, -0.15) is 0 Å². The highest BCUT2D eigenvalue weighted by atomic mass is 32.2. The van der Waals surface area contributed by atoms with Crippen molar-refractivity contribution in [1.82, 2.24) is 9.29 Å².